The molecule has 0 radical (unpaired) electrons. The van der Waals surface area contributed by atoms with E-state index in [-0.39, 0.29) is 5.82 Å². The standard InChI is InChI=1S/C16H13F3N4/c1-21-15-12-6-5-11(20)8-13(12)22-14(23-15)9-3-2-4-10(7-9)16(17,18)19/h2-8H,20H2,1H3,(H,21,22,23). The maximum absolute atomic E-state index is 12.9. The zero-order valence-corrected chi connectivity index (χ0v) is 12.1. The molecule has 0 aliphatic rings. The van der Waals surface area contributed by atoms with Crippen molar-refractivity contribution in [3.8, 4) is 11.4 Å². The average Bonchev–Trinajstić information content (AvgIpc) is 2.52. The molecule has 0 spiro atoms. The van der Waals surface area contributed by atoms with Crippen LogP contribution in [0.3, 0.4) is 0 Å². The smallest absolute Gasteiger partial charge is 0.399 e. The Balaban J connectivity index is 2.20. The van der Waals surface area contributed by atoms with Gasteiger partial charge in [-0.15, -0.1) is 0 Å². The summed E-state index contributed by atoms with van der Waals surface area (Å²) in [5, 5.41) is 3.68. The molecule has 0 fully saturated rings. The third kappa shape index (κ3) is 2.90. The van der Waals surface area contributed by atoms with Gasteiger partial charge in [0, 0.05) is 23.7 Å². The molecule has 0 saturated heterocycles. The second kappa shape index (κ2) is 5.42. The molecule has 3 aromatic rings. The Morgan fingerprint density at radius 2 is 1.83 bits per heavy atom. The Bertz CT molecular complexity index is 875. The Labute approximate surface area is 130 Å². The topological polar surface area (TPSA) is 63.8 Å². The highest BCUT2D eigenvalue weighted by atomic mass is 19.4. The first kappa shape index (κ1) is 15.1. The zero-order valence-electron chi connectivity index (χ0n) is 12.1. The van der Waals surface area contributed by atoms with E-state index in [9.17, 15) is 13.2 Å². The molecule has 0 bridgehead atoms. The Morgan fingerprint density at radius 1 is 1.04 bits per heavy atom. The number of benzene rings is 2. The number of halogens is 3. The van der Waals surface area contributed by atoms with E-state index in [2.05, 4.69) is 15.3 Å². The number of aromatic nitrogens is 2. The van der Waals surface area contributed by atoms with E-state index in [0.29, 0.717) is 22.6 Å². The van der Waals surface area contributed by atoms with Crippen LogP contribution in [0.2, 0.25) is 0 Å². The predicted octanol–water partition coefficient (Wildman–Crippen LogP) is 3.94. The maximum Gasteiger partial charge on any atom is 0.416 e. The maximum atomic E-state index is 12.9. The van der Waals surface area contributed by atoms with Crippen molar-refractivity contribution < 1.29 is 13.2 Å². The van der Waals surface area contributed by atoms with Gasteiger partial charge in [0.2, 0.25) is 0 Å². The molecule has 1 aromatic heterocycles. The molecule has 3 N–H and O–H groups in total. The van der Waals surface area contributed by atoms with Crippen LogP contribution in [-0.4, -0.2) is 17.0 Å². The lowest BCUT2D eigenvalue weighted by Gasteiger charge is -2.11. The number of nitrogens with zero attached hydrogens (tertiary/aromatic N) is 2. The molecular formula is C16H13F3N4. The second-order valence-electron chi connectivity index (χ2n) is 5.00. The van der Waals surface area contributed by atoms with Gasteiger partial charge in [-0.1, -0.05) is 12.1 Å². The van der Waals surface area contributed by atoms with Crippen molar-refractivity contribution in [2.24, 2.45) is 0 Å². The molecule has 4 nitrogen and oxygen atoms in total. The largest absolute Gasteiger partial charge is 0.416 e. The lowest BCUT2D eigenvalue weighted by Crippen LogP contribution is -2.05. The Hall–Kier alpha value is -2.83. The minimum Gasteiger partial charge on any atom is -0.399 e. The molecule has 0 atom stereocenters. The highest BCUT2D eigenvalue weighted by molar-refractivity contribution is 5.92. The zero-order chi connectivity index (χ0) is 16.6. The summed E-state index contributed by atoms with van der Waals surface area (Å²) >= 11 is 0. The van der Waals surface area contributed by atoms with Crippen LogP contribution in [0, 0.1) is 0 Å². The summed E-state index contributed by atoms with van der Waals surface area (Å²) in [6.45, 7) is 0. The van der Waals surface area contributed by atoms with Gasteiger partial charge in [0.05, 0.1) is 11.1 Å². The molecule has 1 heterocycles. The molecular weight excluding hydrogens is 305 g/mol. The van der Waals surface area contributed by atoms with E-state index in [1.807, 2.05) is 0 Å². The van der Waals surface area contributed by atoms with E-state index in [4.69, 9.17) is 5.73 Å². The summed E-state index contributed by atoms with van der Waals surface area (Å²) in [7, 11) is 1.69. The van der Waals surface area contributed by atoms with Gasteiger partial charge in [0.25, 0.3) is 0 Å². The van der Waals surface area contributed by atoms with E-state index >= 15 is 0 Å². The number of nitrogen functional groups attached to an aromatic ring is 1. The summed E-state index contributed by atoms with van der Waals surface area (Å²) in [5.74, 6) is 0.737. The van der Waals surface area contributed by atoms with Crippen molar-refractivity contribution in [1.82, 2.24) is 9.97 Å². The fourth-order valence-corrected chi connectivity index (χ4v) is 2.30. The average molecular weight is 318 g/mol. The number of alkyl halides is 3. The first-order valence-corrected chi connectivity index (χ1v) is 6.81. The minimum atomic E-state index is -4.41. The lowest BCUT2D eigenvalue weighted by atomic mass is 10.1. The Morgan fingerprint density at radius 3 is 2.52 bits per heavy atom. The Kier molecular flexibility index (Phi) is 3.55. The van der Waals surface area contributed by atoms with Gasteiger partial charge in [-0.05, 0) is 30.3 Å². The number of nitrogens with one attached hydrogen (secondary N) is 1. The summed E-state index contributed by atoms with van der Waals surface area (Å²) in [5.41, 5.74) is 6.40. The van der Waals surface area contributed by atoms with Crippen LogP contribution in [-0.2, 0) is 6.18 Å². The number of anilines is 2. The van der Waals surface area contributed by atoms with Crippen LogP contribution in [0.4, 0.5) is 24.7 Å². The van der Waals surface area contributed by atoms with Gasteiger partial charge >= 0.3 is 6.18 Å². The molecule has 118 valence electrons. The third-order valence-corrected chi connectivity index (χ3v) is 3.41. The van der Waals surface area contributed by atoms with E-state index in [0.717, 1.165) is 17.5 Å². The first-order chi connectivity index (χ1) is 10.9. The van der Waals surface area contributed by atoms with Gasteiger partial charge in [-0.25, -0.2) is 9.97 Å². The fourth-order valence-electron chi connectivity index (χ4n) is 2.30. The van der Waals surface area contributed by atoms with Gasteiger partial charge < -0.3 is 11.1 Å². The summed E-state index contributed by atoms with van der Waals surface area (Å²) in [6, 6.07) is 10.1. The minimum absolute atomic E-state index is 0.207. The molecule has 7 heteroatoms. The number of rotatable bonds is 2. The number of hydrogen-bond acceptors (Lipinski definition) is 4. The molecule has 0 saturated carbocycles. The normalized spacial score (nSPS) is 11.7. The third-order valence-electron chi connectivity index (χ3n) is 3.41. The summed E-state index contributed by atoms with van der Waals surface area (Å²) in [4.78, 5) is 8.65. The van der Waals surface area contributed by atoms with Crippen molar-refractivity contribution >= 4 is 22.4 Å². The van der Waals surface area contributed by atoms with Crippen molar-refractivity contribution in [2.45, 2.75) is 6.18 Å². The molecule has 0 unspecified atom stereocenters. The summed E-state index contributed by atoms with van der Waals surface area (Å²) in [6.07, 6.45) is -4.41. The van der Waals surface area contributed by atoms with E-state index in [1.165, 1.54) is 6.07 Å². The molecule has 0 amide bonds. The monoisotopic (exact) mass is 318 g/mol. The SMILES string of the molecule is CNc1nc(-c2cccc(C(F)(F)F)c2)nc2cc(N)ccc12. The van der Waals surface area contributed by atoms with Crippen LogP contribution in [0.5, 0.6) is 0 Å². The summed E-state index contributed by atoms with van der Waals surface area (Å²) < 4.78 is 38.6. The number of hydrogen-bond donors (Lipinski definition) is 2. The molecule has 0 aliphatic heterocycles. The van der Waals surface area contributed by atoms with Crippen molar-refractivity contribution in [2.75, 3.05) is 18.1 Å². The fraction of sp³-hybridized carbons (Fsp3) is 0.125. The van der Waals surface area contributed by atoms with Crippen LogP contribution >= 0.6 is 0 Å². The van der Waals surface area contributed by atoms with Gasteiger partial charge in [-0.3, -0.25) is 0 Å². The van der Waals surface area contributed by atoms with Gasteiger partial charge in [0.15, 0.2) is 5.82 Å². The molecule has 0 aliphatic carbocycles. The van der Waals surface area contributed by atoms with E-state index in [1.54, 1.807) is 31.3 Å². The van der Waals surface area contributed by atoms with Crippen molar-refractivity contribution in [3.63, 3.8) is 0 Å². The van der Waals surface area contributed by atoms with Crippen molar-refractivity contribution in [1.29, 1.82) is 0 Å². The predicted molar refractivity (Wildman–Crippen MR) is 83.9 cm³/mol. The number of fused-ring (bicyclic) bond motifs is 1. The highest BCUT2D eigenvalue weighted by Crippen LogP contribution is 2.32. The van der Waals surface area contributed by atoms with Crippen LogP contribution < -0.4 is 11.1 Å². The van der Waals surface area contributed by atoms with Crippen molar-refractivity contribution in [3.05, 3.63) is 48.0 Å². The lowest BCUT2D eigenvalue weighted by molar-refractivity contribution is -0.137. The quantitative estimate of drug-likeness (QED) is 0.703. The molecule has 23 heavy (non-hydrogen) atoms. The molecule has 2 aromatic carbocycles. The molecule has 3 rings (SSSR count). The second-order valence-corrected chi connectivity index (χ2v) is 5.00. The van der Waals surface area contributed by atoms with Gasteiger partial charge in [-0.2, -0.15) is 13.2 Å². The highest BCUT2D eigenvalue weighted by Gasteiger charge is 2.30. The van der Waals surface area contributed by atoms with Gasteiger partial charge in [0.1, 0.15) is 5.82 Å². The van der Waals surface area contributed by atoms with Crippen LogP contribution in [0.1, 0.15) is 5.56 Å². The first-order valence-electron chi connectivity index (χ1n) is 6.81. The van der Waals surface area contributed by atoms with Crippen LogP contribution in [0.15, 0.2) is 42.5 Å². The van der Waals surface area contributed by atoms with E-state index < -0.39 is 11.7 Å². The number of nitrogens with two attached hydrogens (primary N) is 1. The van der Waals surface area contributed by atoms with Crippen LogP contribution in [0.25, 0.3) is 22.3 Å².